The zero-order valence-electron chi connectivity index (χ0n) is 5.54. The zero-order valence-corrected chi connectivity index (χ0v) is 5.54. The number of benzene rings is 1. The standard InChI is InChI=1S/C6H7BO.2H2O/c8-7-6-4-2-1-3-5-6;;/h1-5,7-8H;2*1H2. The highest BCUT2D eigenvalue weighted by atomic mass is 16.2. The molecular formula is C6H11BO3. The molecule has 1 rings (SSSR count). The Morgan fingerprint density at radius 1 is 1.00 bits per heavy atom. The summed E-state index contributed by atoms with van der Waals surface area (Å²) in [6.07, 6.45) is 0. The summed E-state index contributed by atoms with van der Waals surface area (Å²) in [6, 6.07) is 9.52. The normalized spacial score (nSPS) is 6.90. The Morgan fingerprint density at radius 3 is 1.80 bits per heavy atom. The van der Waals surface area contributed by atoms with Crippen LogP contribution in [0, 0.1) is 0 Å². The highest BCUT2D eigenvalue weighted by Crippen LogP contribution is 1.78. The summed E-state index contributed by atoms with van der Waals surface area (Å²) in [7, 11) is 0.140. The molecule has 0 saturated carbocycles. The third kappa shape index (κ3) is 3.24. The minimum absolute atomic E-state index is 0. The number of hydrogen-bond acceptors (Lipinski definition) is 1. The van der Waals surface area contributed by atoms with Crippen molar-refractivity contribution in [3.05, 3.63) is 30.3 Å². The molecule has 56 valence electrons. The van der Waals surface area contributed by atoms with Gasteiger partial charge in [0.05, 0.1) is 0 Å². The smallest absolute Gasteiger partial charge is 0.304 e. The van der Waals surface area contributed by atoms with Gasteiger partial charge in [-0.15, -0.1) is 0 Å². The highest BCUT2D eigenvalue weighted by Gasteiger charge is 1.85. The Labute approximate surface area is 60.2 Å². The van der Waals surface area contributed by atoms with Crippen molar-refractivity contribution in [2.75, 3.05) is 0 Å². The largest absolute Gasteiger partial charge is 0.449 e. The average Bonchev–Trinajstić information content (AvgIpc) is 1.90. The van der Waals surface area contributed by atoms with Crippen molar-refractivity contribution in [1.29, 1.82) is 0 Å². The van der Waals surface area contributed by atoms with E-state index >= 15 is 0 Å². The SMILES string of the molecule is O.O.OBc1ccccc1. The van der Waals surface area contributed by atoms with Crippen LogP contribution in [0.25, 0.3) is 0 Å². The van der Waals surface area contributed by atoms with E-state index in [-0.39, 0.29) is 18.4 Å². The van der Waals surface area contributed by atoms with E-state index in [0.29, 0.717) is 0 Å². The molecule has 0 bridgehead atoms. The van der Waals surface area contributed by atoms with Gasteiger partial charge in [0.15, 0.2) is 0 Å². The second kappa shape index (κ2) is 6.29. The minimum atomic E-state index is 0. The van der Waals surface area contributed by atoms with E-state index in [1.807, 2.05) is 30.3 Å². The summed E-state index contributed by atoms with van der Waals surface area (Å²) in [5.74, 6) is 0. The number of hydrogen-bond donors (Lipinski definition) is 1. The maximum atomic E-state index is 8.54. The van der Waals surface area contributed by atoms with Crippen LogP contribution in [-0.2, 0) is 0 Å². The summed E-state index contributed by atoms with van der Waals surface area (Å²) in [6.45, 7) is 0. The molecule has 0 amide bonds. The molecule has 1 aromatic rings. The molecule has 0 unspecified atom stereocenters. The van der Waals surface area contributed by atoms with Gasteiger partial charge >= 0.3 is 7.48 Å². The van der Waals surface area contributed by atoms with Gasteiger partial charge < -0.3 is 16.0 Å². The third-order valence-electron chi connectivity index (χ3n) is 1.03. The van der Waals surface area contributed by atoms with E-state index in [1.54, 1.807) is 0 Å². The Kier molecular flexibility index (Phi) is 7.48. The van der Waals surface area contributed by atoms with Crippen molar-refractivity contribution in [1.82, 2.24) is 0 Å². The molecule has 0 atom stereocenters. The van der Waals surface area contributed by atoms with Gasteiger partial charge in [0.1, 0.15) is 0 Å². The zero-order chi connectivity index (χ0) is 5.82. The first-order valence-electron chi connectivity index (χ1n) is 2.58. The topological polar surface area (TPSA) is 83.2 Å². The maximum Gasteiger partial charge on any atom is 0.304 e. The van der Waals surface area contributed by atoms with Gasteiger partial charge in [-0.05, 0) is 0 Å². The van der Waals surface area contributed by atoms with Crippen LogP contribution in [0.4, 0.5) is 0 Å². The average molecular weight is 142 g/mol. The molecule has 3 nitrogen and oxygen atoms in total. The first-order chi connectivity index (χ1) is 3.93. The van der Waals surface area contributed by atoms with Crippen LogP contribution in [0.3, 0.4) is 0 Å². The van der Waals surface area contributed by atoms with Crippen LogP contribution in [0.2, 0.25) is 0 Å². The van der Waals surface area contributed by atoms with Crippen molar-refractivity contribution in [3.8, 4) is 0 Å². The molecule has 0 spiro atoms. The molecule has 0 heterocycles. The fourth-order valence-electron chi connectivity index (χ4n) is 0.583. The molecule has 0 saturated heterocycles. The fraction of sp³-hybridized carbons (Fsp3) is 0. The van der Waals surface area contributed by atoms with Gasteiger partial charge in [-0.25, -0.2) is 0 Å². The van der Waals surface area contributed by atoms with Crippen LogP contribution >= 0.6 is 0 Å². The summed E-state index contributed by atoms with van der Waals surface area (Å²) >= 11 is 0. The fourth-order valence-corrected chi connectivity index (χ4v) is 0.583. The summed E-state index contributed by atoms with van der Waals surface area (Å²) in [5.41, 5.74) is 0.965. The van der Waals surface area contributed by atoms with Gasteiger partial charge in [-0.1, -0.05) is 35.8 Å². The van der Waals surface area contributed by atoms with Gasteiger partial charge in [0.25, 0.3) is 0 Å². The molecule has 1 aromatic carbocycles. The van der Waals surface area contributed by atoms with Gasteiger partial charge in [-0.3, -0.25) is 0 Å². The van der Waals surface area contributed by atoms with Gasteiger partial charge in [0, 0.05) is 0 Å². The molecule has 0 aliphatic carbocycles. The molecule has 0 aliphatic heterocycles. The van der Waals surface area contributed by atoms with E-state index in [1.165, 1.54) is 0 Å². The van der Waals surface area contributed by atoms with Crippen LogP contribution in [0.15, 0.2) is 30.3 Å². The quantitative estimate of drug-likeness (QED) is 0.452. The van der Waals surface area contributed by atoms with Crippen molar-refractivity contribution >= 4 is 12.9 Å². The second-order valence-corrected chi connectivity index (χ2v) is 1.64. The van der Waals surface area contributed by atoms with Crippen molar-refractivity contribution in [2.45, 2.75) is 0 Å². The first-order valence-corrected chi connectivity index (χ1v) is 2.58. The van der Waals surface area contributed by atoms with E-state index < -0.39 is 0 Å². The first kappa shape index (κ1) is 11.9. The Morgan fingerprint density at radius 2 is 1.50 bits per heavy atom. The molecule has 5 N–H and O–H groups in total. The highest BCUT2D eigenvalue weighted by molar-refractivity contribution is 6.45. The summed E-state index contributed by atoms with van der Waals surface area (Å²) < 4.78 is 0. The Bertz CT molecular complexity index is 154. The lowest BCUT2D eigenvalue weighted by Gasteiger charge is -1.87. The lowest BCUT2D eigenvalue weighted by molar-refractivity contribution is 0.615. The predicted molar refractivity (Wildman–Crippen MR) is 42.7 cm³/mol. The molecule has 0 aliphatic rings. The van der Waals surface area contributed by atoms with Crippen molar-refractivity contribution in [2.24, 2.45) is 0 Å². The van der Waals surface area contributed by atoms with E-state index in [4.69, 9.17) is 5.02 Å². The van der Waals surface area contributed by atoms with Crippen LogP contribution in [0.5, 0.6) is 0 Å². The van der Waals surface area contributed by atoms with Gasteiger partial charge in [0.2, 0.25) is 0 Å². The lowest BCUT2D eigenvalue weighted by Crippen LogP contribution is -2.11. The van der Waals surface area contributed by atoms with E-state index in [0.717, 1.165) is 5.46 Å². The Hall–Kier alpha value is -0.835. The van der Waals surface area contributed by atoms with Crippen LogP contribution < -0.4 is 5.46 Å². The molecular weight excluding hydrogens is 131 g/mol. The second-order valence-electron chi connectivity index (χ2n) is 1.64. The molecule has 0 radical (unpaired) electrons. The number of rotatable bonds is 1. The molecule has 0 aromatic heterocycles. The summed E-state index contributed by atoms with van der Waals surface area (Å²) in [5, 5.41) is 8.54. The van der Waals surface area contributed by atoms with E-state index in [9.17, 15) is 0 Å². The minimum Gasteiger partial charge on any atom is -0.449 e. The molecule has 4 heteroatoms. The molecule has 10 heavy (non-hydrogen) atoms. The molecule has 0 fully saturated rings. The lowest BCUT2D eigenvalue weighted by atomic mass is 9.89. The third-order valence-corrected chi connectivity index (χ3v) is 1.03. The predicted octanol–water partition coefficient (Wildman–Crippen LogP) is -1.99. The van der Waals surface area contributed by atoms with Crippen LogP contribution in [-0.4, -0.2) is 23.5 Å². The Balaban J connectivity index is 0. The summed E-state index contributed by atoms with van der Waals surface area (Å²) in [4.78, 5) is 0. The van der Waals surface area contributed by atoms with E-state index in [2.05, 4.69) is 0 Å². The monoisotopic (exact) mass is 142 g/mol. The van der Waals surface area contributed by atoms with Crippen molar-refractivity contribution < 1.29 is 16.0 Å². The van der Waals surface area contributed by atoms with Crippen molar-refractivity contribution in [3.63, 3.8) is 0 Å². The van der Waals surface area contributed by atoms with Gasteiger partial charge in [-0.2, -0.15) is 0 Å². The maximum absolute atomic E-state index is 8.54. The van der Waals surface area contributed by atoms with Crippen LogP contribution in [0.1, 0.15) is 0 Å².